The fourth-order valence-corrected chi connectivity index (χ4v) is 2.79. The molecule has 0 aromatic rings. The first kappa shape index (κ1) is 14.5. The van der Waals surface area contributed by atoms with E-state index in [4.69, 9.17) is 4.74 Å². The van der Waals surface area contributed by atoms with Crippen molar-refractivity contribution < 1.29 is 9.53 Å². The maximum absolute atomic E-state index is 11.6. The Bertz CT molecular complexity index is 261. The van der Waals surface area contributed by atoms with Crippen LogP contribution in [0.2, 0.25) is 0 Å². The van der Waals surface area contributed by atoms with Crippen LogP contribution in [0.1, 0.15) is 53.4 Å². The average molecular weight is 241 g/mol. The highest BCUT2D eigenvalue weighted by molar-refractivity contribution is 5.79. The number of esters is 1. The molecule has 2 unspecified atom stereocenters. The van der Waals surface area contributed by atoms with Crippen molar-refractivity contribution in [3.05, 3.63) is 0 Å². The van der Waals surface area contributed by atoms with Gasteiger partial charge in [-0.15, -0.1) is 0 Å². The van der Waals surface area contributed by atoms with E-state index in [1.807, 2.05) is 13.8 Å². The number of hydrogen-bond acceptors (Lipinski definition) is 3. The van der Waals surface area contributed by atoms with E-state index in [9.17, 15) is 4.79 Å². The van der Waals surface area contributed by atoms with Crippen LogP contribution in [0.4, 0.5) is 0 Å². The largest absolute Gasteiger partial charge is 0.468 e. The van der Waals surface area contributed by atoms with Crippen molar-refractivity contribution in [2.24, 2.45) is 11.8 Å². The Kier molecular flexibility index (Phi) is 4.99. The van der Waals surface area contributed by atoms with E-state index in [2.05, 4.69) is 19.2 Å². The lowest BCUT2D eigenvalue weighted by Gasteiger charge is -2.36. The van der Waals surface area contributed by atoms with Crippen LogP contribution in [-0.2, 0) is 9.53 Å². The van der Waals surface area contributed by atoms with E-state index >= 15 is 0 Å². The highest BCUT2D eigenvalue weighted by atomic mass is 16.5. The molecule has 1 aliphatic carbocycles. The van der Waals surface area contributed by atoms with Gasteiger partial charge in [-0.1, -0.05) is 26.7 Å². The molecule has 0 spiro atoms. The van der Waals surface area contributed by atoms with Gasteiger partial charge in [0, 0.05) is 6.04 Å². The number of nitrogens with one attached hydrogen (secondary N) is 1. The molecule has 0 aromatic carbocycles. The topological polar surface area (TPSA) is 38.3 Å². The number of carbonyl (C=O) groups excluding carboxylic acids is 1. The Morgan fingerprint density at radius 1 is 1.35 bits per heavy atom. The Labute approximate surface area is 105 Å². The van der Waals surface area contributed by atoms with Crippen molar-refractivity contribution in [2.45, 2.75) is 65.0 Å². The standard InChI is InChI=1S/C14H27NO2/c1-10(2)11-7-6-8-12(9-11)15-14(3,4)13(16)17-5/h10-12,15H,6-9H2,1-5H3. The Balaban J connectivity index is 2.54. The molecule has 0 heterocycles. The normalized spacial score (nSPS) is 26.0. The summed E-state index contributed by atoms with van der Waals surface area (Å²) in [5, 5.41) is 3.46. The molecule has 1 N–H and O–H groups in total. The zero-order chi connectivity index (χ0) is 13.1. The molecule has 0 aromatic heterocycles. The fraction of sp³-hybridized carbons (Fsp3) is 0.929. The minimum Gasteiger partial charge on any atom is -0.468 e. The molecular weight excluding hydrogens is 214 g/mol. The predicted octanol–water partition coefficient (Wildman–Crippen LogP) is 2.74. The monoisotopic (exact) mass is 241 g/mol. The van der Waals surface area contributed by atoms with Crippen LogP contribution in [0, 0.1) is 11.8 Å². The maximum Gasteiger partial charge on any atom is 0.325 e. The number of hydrogen-bond donors (Lipinski definition) is 1. The quantitative estimate of drug-likeness (QED) is 0.769. The van der Waals surface area contributed by atoms with Crippen LogP contribution in [0.5, 0.6) is 0 Å². The van der Waals surface area contributed by atoms with E-state index in [1.165, 1.54) is 32.8 Å². The summed E-state index contributed by atoms with van der Waals surface area (Å²) < 4.78 is 4.83. The molecule has 0 bridgehead atoms. The second-order valence-electron chi connectivity index (χ2n) is 6.13. The number of methoxy groups -OCH3 is 1. The molecule has 1 saturated carbocycles. The lowest BCUT2D eigenvalue weighted by molar-refractivity contribution is -0.147. The first-order valence-electron chi connectivity index (χ1n) is 6.73. The van der Waals surface area contributed by atoms with Crippen molar-refractivity contribution in [3.63, 3.8) is 0 Å². The van der Waals surface area contributed by atoms with Crippen LogP contribution in [0.15, 0.2) is 0 Å². The van der Waals surface area contributed by atoms with Gasteiger partial charge in [0.25, 0.3) is 0 Å². The zero-order valence-electron chi connectivity index (χ0n) is 11.9. The van der Waals surface area contributed by atoms with Crippen molar-refractivity contribution in [1.29, 1.82) is 0 Å². The van der Waals surface area contributed by atoms with Crippen LogP contribution in [0.25, 0.3) is 0 Å². The highest BCUT2D eigenvalue weighted by Gasteiger charge is 2.33. The van der Waals surface area contributed by atoms with Crippen LogP contribution < -0.4 is 5.32 Å². The Hall–Kier alpha value is -0.570. The van der Waals surface area contributed by atoms with E-state index < -0.39 is 5.54 Å². The molecule has 3 nitrogen and oxygen atoms in total. The number of carbonyl (C=O) groups is 1. The molecule has 100 valence electrons. The Morgan fingerprint density at radius 2 is 2.00 bits per heavy atom. The first-order chi connectivity index (χ1) is 7.86. The molecule has 17 heavy (non-hydrogen) atoms. The molecule has 2 atom stereocenters. The van der Waals surface area contributed by atoms with Gasteiger partial charge in [0.1, 0.15) is 5.54 Å². The highest BCUT2D eigenvalue weighted by Crippen LogP contribution is 2.30. The minimum absolute atomic E-state index is 0.177. The maximum atomic E-state index is 11.6. The Morgan fingerprint density at radius 3 is 2.53 bits per heavy atom. The molecule has 0 radical (unpaired) electrons. The summed E-state index contributed by atoms with van der Waals surface area (Å²) >= 11 is 0. The van der Waals surface area contributed by atoms with Crippen LogP contribution in [-0.4, -0.2) is 24.7 Å². The smallest absolute Gasteiger partial charge is 0.325 e. The molecule has 3 heteroatoms. The summed E-state index contributed by atoms with van der Waals surface area (Å²) in [5.41, 5.74) is -0.571. The third-order valence-corrected chi connectivity index (χ3v) is 3.92. The number of rotatable bonds is 4. The summed E-state index contributed by atoms with van der Waals surface area (Å²) in [6.07, 6.45) is 4.94. The second-order valence-corrected chi connectivity index (χ2v) is 6.13. The van der Waals surface area contributed by atoms with Gasteiger partial charge in [-0.05, 0) is 38.5 Å². The lowest BCUT2D eigenvalue weighted by Crippen LogP contribution is -2.53. The van der Waals surface area contributed by atoms with Crippen molar-refractivity contribution >= 4 is 5.97 Å². The van der Waals surface area contributed by atoms with Gasteiger partial charge in [-0.3, -0.25) is 10.1 Å². The SMILES string of the molecule is COC(=O)C(C)(C)NC1CCCC(C(C)C)C1. The summed E-state index contributed by atoms with van der Waals surface area (Å²) in [4.78, 5) is 11.6. The third-order valence-electron chi connectivity index (χ3n) is 3.92. The molecule has 0 amide bonds. The van der Waals surface area contributed by atoms with E-state index in [0.29, 0.717) is 6.04 Å². The summed E-state index contributed by atoms with van der Waals surface area (Å²) in [6.45, 7) is 8.38. The van der Waals surface area contributed by atoms with Gasteiger partial charge in [0.2, 0.25) is 0 Å². The summed E-state index contributed by atoms with van der Waals surface area (Å²) in [6, 6.07) is 0.449. The van der Waals surface area contributed by atoms with Crippen LogP contribution in [0.3, 0.4) is 0 Å². The van der Waals surface area contributed by atoms with Crippen LogP contribution >= 0.6 is 0 Å². The minimum atomic E-state index is -0.571. The van der Waals surface area contributed by atoms with Gasteiger partial charge < -0.3 is 4.74 Å². The lowest BCUT2D eigenvalue weighted by atomic mass is 9.78. The third kappa shape index (κ3) is 3.98. The zero-order valence-corrected chi connectivity index (χ0v) is 11.9. The molecule has 1 rings (SSSR count). The molecular formula is C14H27NO2. The van der Waals surface area contributed by atoms with E-state index in [0.717, 1.165) is 11.8 Å². The molecule has 1 aliphatic rings. The molecule has 1 fully saturated rings. The van der Waals surface area contributed by atoms with Crippen molar-refractivity contribution in [1.82, 2.24) is 5.32 Å². The second kappa shape index (κ2) is 5.85. The van der Waals surface area contributed by atoms with Gasteiger partial charge in [0.15, 0.2) is 0 Å². The van der Waals surface area contributed by atoms with Gasteiger partial charge in [-0.25, -0.2) is 0 Å². The predicted molar refractivity (Wildman–Crippen MR) is 69.8 cm³/mol. The van der Waals surface area contributed by atoms with Gasteiger partial charge in [0.05, 0.1) is 7.11 Å². The fourth-order valence-electron chi connectivity index (χ4n) is 2.79. The van der Waals surface area contributed by atoms with Crippen molar-refractivity contribution in [3.8, 4) is 0 Å². The van der Waals surface area contributed by atoms with Gasteiger partial charge in [-0.2, -0.15) is 0 Å². The first-order valence-corrected chi connectivity index (χ1v) is 6.73. The molecule has 0 saturated heterocycles. The van der Waals surface area contributed by atoms with E-state index in [1.54, 1.807) is 0 Å². The van der Waals surface area contributed by atoms with Gasteiger partial charge >= 0.3 is 5.97 Å². The van der Waals surface area contributed by atoms with Crippen molar-refractivity contribution in [2.75, 3.05) is 7.11 Å². The molecule has 0 aliphatic heterocycles. The summed E-state index contributed by atoms with van der Waals surface area (Å²) in [7, 11) is 1.45. The van der Waals surface area contributed by atoms with E-state index in [-0.39, 0.29) is 5.97 Å². The number of ether oxygens (including phenoxy) is 1. The average Bonchev–Trinajstić information content (AvgIpc) is 2.27. The summed E-state index contributed by atoms with van der Waals surface area (Å²) in [5.74, 6) is 1.35.